The number of nitrogens with one attached hydrogen (secondary N) is 1. The smallest absolute Gasteiger partial charge is 0.147 e. The first-order valence-electron chi connectivity index (χ1n) is 5.94. The molecule has 0 aliphatic rings. The van der Waals surface area contributed by atoms with Gasteiger partial charge in [-0.15, -0.1) is 0 Å². The van der Waals surface area contributed by atoms with Gasteiger partial charge in [0.1, 0.15) is 5.82 Å². The second-order valence-corrected chi connectivity index (χ2v) is 4.18. The van der Waals surface area contributed by atoms with Crippen molar-refractivity contribution >= 4 is 5.69 Å². The van der Waals surface area contributed by atoms with Gasteiger partial charge in [-0.25, -0.2) is 4.39 Å². The van der Waals surface area contributed by atoms with Crippen LogP contribution in [0.15, 0.2) is 42.5 Å². The molecule has 0 radical (unpaired) electrons. The van der Waals surface area contributed by atoms with E-state index in [4.69, 9.17) is 11.0 Å². The van der Waals surface area contributed by atoms with Crippen LogP contribution in [0.2, 0.25) is 0 Å². The molecular formula is C15H14FN3. The molecule has 3 nitrogen and oxygen atoms in total. The average Bonchev–Trinajstić information content (AvgIpc) is 2.46. The number of nitrogens with two attached hydrogens (primary N) is 1. The van der Waals surface area contributed by atoms with Crippen LogP contribution in [0.4, 0.5) is 10.1 Å². The Kier molecular flexibility index (Phi) is 4.11. The predicted octanol–water partition coefficient (Wildman–Crippen LogP) is 2.77. The standard InChI is InChI=1S/C15H14FN3/c16-14-7-13(9-18)5-6-15(14)19-10-12-3-1-11(8-17)2-4-12/h1-7,19H,8,10,17H2. The van der Waals surface area contributed by atoms with Crippen LogP contribution in [0, 0.1) is 17.1 Å². The van der Waals surface area contributed by atoms with Crippen LogP contribution in [-0.4, -0.2) is 0 Å². The van der Waals surface area contributed by atoms with Crippen LogP contribution in [0.3, 0.4) is 0 Å². The number of rotatable bonds is 4. The minimum absolute atomic E-state index is 0.315. The van der Waals surface area contributed by atoms with Gasteiger partial charge >= 0.3 is 0 Å². The van der Waals surface area contributed by atoms with Crippen molar-refractivity contribution < 1.29 is 4.39 Å². The van der Waals surface area contributed by atoms with Crippen LogP contribution in [-0.2, 0) is 13.1 Å². The fourth-order valence-electron chi connectivity index (χ4n) is 1.72. The van der Waals surface area contributed by atoms with E-state index in [1.165, 1.54) is 6.07 Å². The highest BCUT2D eigenvalue weighted by Crippen LogP contribution is 2.16. The maximum atomic E-state index is 13.6. The Balaban J connectivity index is 2.04. The van der Waals surface area contributed by atoms with Crippen LogP contribution in [0.1, 0.15) is 16.7 Å². The molecule has 0 unspecified atom stereocenters. The lowest BCUT2D eigenvalue weighted by molar-refractivity contribution is 0.629. The first-order valence-corrected chi connectivity index (χ1v) is 5.94. The quantitative estimate of drug-likeness (QED) is 0.883. The third kappa shape index (κ3) is 3.30. The van der Waals surface area contributed by atoms with Gasteiger partial charge in [-0.1, -0.05) is 24.3 Å². The molecule has 96 valence electrons. The molecule has 0 bridgehead atoms. The molecule has 2 aromatic rings. The summed E-state index contributed by atoms with van der Waals surface area (Å²) in [5, 5.41) is 11.7. The lowest BCUT2D eigenvalue weighted by Crippen LogP contribution is -2.02. The fourth-order valence-corrected chi connectivity index (χ4v) is 1.72. The summed E-state index contributed by atoms with van der Waals surface area (Å²) in [4.78, 5) is 0. The Hall–Kier alpha value is -2.38. The van der Waals surface area contributed by atoms with Crippen molar-refractivity contribution in [2.75, 3.05) is 5.32 Å². The number of nitriles is 1. The average molecular weight is 255 g/mol. The van der Waals surface area contributed by atoms with Gasteiger partial charge in [0.15, 0.2) is 0 Å². The van der Waals surface area contributed by atoms with Gasteiger partial charge in [0, 0.05) is 13.1 Å². The van der Waals surface area contributed by atoms with Gasteiger partial charge in [-0.05, 0) is 29.3 Å². The van der Waals surface area contributed by atoms with Crippen LogP contribution in [0.25, 0.3) is 0 Å². The third-order valence-corrected chi connectivity index (χ3v) is 2.84. The maximum absolute atomic E-state index is 13.6. The van der Waals surface area contributed by atoms with Crippen LogP contribution < -0.4 is 11.1 Å². The number of benzene rings is 2. The summed E-state index contributed by atoms with van der Waals surface area (Å²) in [6.07, 6.45) is 0. The summed E-state index contributed by atoms with van der Waals surface area (Å²) in [6, 6.07) is 14.1. The van der Waals surface area contributed by atoms with Gasteiger partial charge < -0.3 is 11.1 Å². The van der Waals surface area contributed by atoms with E-state index in [-0.39, 0.29) is 0 Å². The normalized spacial score (nSPS) is 9.95. The molecule has 2 aromatic carbocycles. The molecule has 2 rings (SSSR count). The summed E-state index contributed by atoms with van der Waals surface area (Å²) in [6.45, 7) is 1.03. The zero-order valence-corrected chi connectivity index (χ0v) is 10.4. The second-order valence-electron chi connectivity index (χ2n) is 4.18. The molecule has 19 heavy (non-hydrogen) atoms. The van der Waals surface area contributed by atoms with Crippen molar-refractivity contribution in [2.45, 2.75) is 13.1 Å². The number of anilines is 1. The van der Waals surface area contributed by atoms with E-state index in [2.05, 4.69) is 5.32 Å². The molecular weight excluding hydrogens is 241 g/mol. The summed E-state index contributed by atoms with van der Waals surface area (Å²) in [5.74, 6) is -0.419. The zero-order valence-electron chi connectivity index (χ0n) is 10.4. The highest BCUT2D eigenvalue weighted by molar-refractivity contribution is 5.49. The molecule has 0 fully saturated rings. The molecule has 0 saturated carbocycles. The summed E-state index contributed by atoms with van der Waals surface area (Å²) in [7, 11) is 0. The van der Waals surface area contributed by atoms with E-state index in [0.717, 1.165) is 11.1 Å². The molecule has 0 aliphatic carbocycles. The lowest BCUT2D eigenvalue weighted by atomic mass is 10.1. The third-order valence-electron chi connectivity index (χ3n) is 2.84. The molecule has 4 heteroatoms. The molecule has 0 amide bonds. The number of hydrogen-bond donors (Lipinski definition) is 2. The Morgan fingerprint density at radius 3 is 2.37 bits per heavy atom. The van der Waals surface area contributed by atoms with Gasteiger partial charge in [0.2, 0.25) is 0 Å². The monoisotopic (exact) mass is 255 g/mol. The molecule has 0 atom stereocenters. The van der Waals surface area contributed by atoms with Gasteiger partial charge in [0.05, 0.1) is 17.3 Å². The maximum Gasteiger partial charge on any atom is 0.147 e. The number of halogens is 1. The molecule has 0 aliphatic heterocycles. The Morgan fingerprint density at radius 1 is 1.11 bits per heavy atom. The van der Waals surface area contributed by atoms with Crippen molar-refractivity contribution in [3.05, 3.63) is 65.0 Å². The molecule has 0 heterocycles. The summed E-state index contributed by atoms with van der Waals surface area (Å²) >= 11 is 0. The Bertz CT molecular complexity index is 600. The van der Waals surface area contributed by atoms with E-state index in [1.54, 1.807) is 12.1 Å². The lowest BCUT2D eigenvalue weighted by Gasteiger charge is -2.08. The SMILES string of the molecule is N#Cc1ccc(NCc2ccc(CN)cc2)c(F)c1. The van der Waals surface area contributed by atoms with Crippen LogP contribution in [0.5, 0.6) is 0 Å². The van der Waals surface area contributed by atoms with Crippen molar-refractivity contribution in [1.82, 2.24) is 0 Å². The van der Waals surface area contributed by atoms with Crippen LogP contribution >= 0.6 is 0 Å². The molecule has 3 N–H and O–H groups in total. The van der Waals surface area contributed by atoms with Gasteiger partial charge in [-0.3, -0.25) is 0 Å². The van der Waals surface area contributed by atoms with Crippen molar-refractivity contribution in [3.8, 4) is 6.07 Å². The topological polar surface area (TPSA) is 61.8 Å². The first kappa shape index (κ1) is 13.1. The molecule has 0 saturated heterocycles. The fraction of sp³-hybridized carbons (Fsp3) is 0.133. The van der Waals surface area contributed by atoms with Gasteiger partial charge in [-0.2, -0.15) is 5.26 Å². The van der Waals surface area contributed by atoms with Crippen molar-refractivity contribution in [3.63, 3.8) is 0 Å². The molecule has 0 aromatic heterocycles. The van der Waals surface area contributed by atoms with E-state index >= 15 is 0 Å². The highest BCUT2D eigenvalue weighted by atomic mass is 19.1. The number of nitrogens with zero attached hydrogens (tertiary/aromatic N) is 1. The summed E-state index contributed by atoms with van der Waals surface area (Å²) < 4.78 is 13.6. The van der Waals surface area contributed by atoms with E-state index in [1.807, 2.05) is 30.3 Å². The van der Waals surface area contributed by atoms with Gasteiger partial charge in [0.25, 0.3) is 0 Å². The van der Waals surface area contributed by atoms with Crippen molar-refractivity contribution in [1.29, 1.82) is 5.26 Å². The van der Waals surface area contributed by atoms with E-state index in [9.17, 15) is 4.39 Å². The van der Waals surface area contributed by atoms with Crippen molar-refractivity contribution in [2.24, 2.45) is 5.73 Å². The Morgan fingerprint density at radius 2 is 1.79 bits per heavy atom. The highest BCUT2D eigenvalue weighted by Gasteiger charge is 2.03. The van der Waals surface area contributed by atoms with E-state index < -0.39 is 5.82 Å². The molecule has 0 spiro atoms. The van der Waals surface area contributed by atoms with E-state index in [0.29, 0.717) is 24.3 Å². The predicted molar refractivity (Wildman–Crippen MR) is 72.8 cm³/mol. The zero-order chi connectivity index (χ0) is 13.7. The summed E-state index contributed by atoms with van der Waals surface area (Å²) in [5.41, 5.74) is 8.33. The first-order chi connectivity index (χ1) is 9.22. The second kappa shape index (κ2) is 5.98. The number of hydrogen-bond acceptors (Lipinski definition) is 3. The largest absolute Gasteiger partial charge is 0.379 e. The minimum atomic E-state index is -0.419. The minimum Gasteiger partial charge on any atom is -0.379 e. The Labute approximate surface area is 111 Å².